The fourth-order valence-corrected chi connectivity index (χ4v) is 5.27. The summed E-state index contributed by atoms with van der Waals surface area (Å²) in [5, 5.41) is 14.3. The summed E-state index contributed by atoms with van der Waals surface area (Å²) >= 11 is 0. The lowest BCUT2D eigenvalue weighted by atomic mass is 9.76. The lowest BCUT2D eigenvalue weighted by molar-refractivity contribution is 0.201. The fraction of sp³-hybridized carbons (Fsp3) is 0.375. The third kappa shape index (κ3) is 3.31. The quantitative estimate of drug-likeness (QED) is 0.679. The largest absolute Gasteiger partial charge is 0.507 e. The molecule has 5 rings (SSSR count). The van der Waals surface area contributed by atoms with E-state index in [-0.39, 0.29) is 16.8 Å². The molecule has 6 nitrogen and oxygen atoms in total. The van der Waals surface area contributed by atoms with E-state index in [0.717, 1.165) is 29.8 Å². The van der Waals surface area contributed by atoms with Crippen molar-refractivity contribution in [2.45, 2.75) is 50.6 Å². The summed E-state index contributed by atoms with van der Waals surface area (Å²) in [4.78, 5) is 13.3. The summed E-state index contributed by atoms with van der Waals surface area (Å²) in [6.07, 6.45) is 13.4. The summed E-state index contributed by atoms with van der Waals surface area (Å²) in [6, 6.07) is 5.49. The van der Waals surface area contributed by atoms with Crippen molar-refractivity contribution in [3.63, 3.8) is 0 Å². The van der Waals surface area contributed by atoms with Crippen molar-refractivity contribution in [1.29, 1.82) is 0 Å². The van der Waals surface area contributed by atoms with Crippen LogP contribution in [-0.2, 0) is 0 Å². The second-order valence-electron chi connectivity index (χ2n) is 9.34. The van der Waals surface area contributed by atoms with E-state index in [4.69, 9.17) is 0 Å². The first-order valence-electron chi connectivity index (χ1n) is 10.5. The fourth-order valence-electron chi connectivity index (χ4n) is 5.27. The number of nitrogens with zero attached hydrogens (tertiary/aromatic N) is 4. The molecule has 0 radical (unpaired) electrons. The summed E-state index contributed by atoms with van der Waals surface area (Å²) < 4.78 is 1.84. The van der Waals surface area contributed by atoms with Crippen molar-refractivity contribution in [3.8, 4) is 22.7 Å². The van der Waals surface area contributed by atoms with Crippen LogP contribution in [0.1, 0.15) is 45.2 Å². The van der Waals surface area contributed by atoms with Crippen molar-refractivity contribution in [3.05, 3.63) is 61.6 Å². The van der Waals surface area contributed by atoms with E-state index >= 15 is 0 Å². The van der Waals surface area contributed by atoms with Crippen LogP contribution in [0.25, 0.3) is 22.5 Å². The molecular formula is C24H27N5O. The number of imidazole rings is 1. The third-order valence-corrected chi connectivity index (χ3v) is 6.76. The van der Waals surface area contributed by atoms with E-state index in [1.54, 1.807) is 31.0 Å². The van der Waals surface area contributed by atoms with Crippen LogP contribution in [0, 0.1) is 5.92 Å². The zero-order valence-corrected chi connectivity index (χ0v) is 17.5. The zero-order chi connectivity index (χ0) is 20.9. The minimum absolute atomic E-state index is 0.165. The normalized spacial score (nSPS) is 27.9. The maximum absolute atomic E-state index is 10.5. The molecule has 3 atom stereocenters. The molecule has 2 fully saturated rings. The minimum Gasteiger partial charge on any atom is -0.507 e. The van der Waals surface area contributed by atoms with Crippen LogP contribution < -0.4 is 5.32 Å². The molecule has 2 bridgehead atoms. The van der Waals surface area contributed by atoms with Crippen LogP contribution in [0.2, 0.25) is 0 Å². The highest BCUT2D eigenvalue weighted by Gasteiger charge is 2.49. The molecule has 4 heterocycles. The van der Waals surface area contributed by atoms with Gasteiger partial charge in [0.2, 0.25) is 0 Å². The average Bonchev–Trinajstić information content (AvgIpc) is 3.33. The number of aromatic hydroxyl groups is 1. The monoisotopic (exact) mass is 401 g/mol. The Balaban J connectivity index is 1.36. The van der Waals surface area contributed by atoms with Gasteiger partial charge in [-0.3, -0.25) is 9.97 Å². The standard InChI is InChI=1S/C24H27N5O/c1-16(17-11-23(2)6-7-24(3,12-17)28-23)20-13-27-21(14-26-20)19-5-4-18(10-22(19)30)29-9-8-25-15-29/h4-5,8-10,13-15,17,28,30H,1,6-7,11-12H2,2-3H3/t17?,23-,24+. The van der Waals surface area contributed by atoms with Crippen molar-refractivity contribution in [2.24, 2.45) is 5.92 Å². The van der Waals surface area contributed by atoms with Gasteiger partial charge < -0.3 is 15.0 Å². The molecule has 2 saturated heterocycles. The van der Waals surface area contributed by atoms with Gasteiger partial charge in [0.15, 0.2) is 0 Å². The van der Waals surface area contributed by atoms with Gasteiger partial charge in [-0.05, 0) is 63.2 Å². The molecule has 2 aromatic heterocycles. The molecule has 1 unspecified atom stereocenters. The topological polar surface area (TPSA) is 75.9 Å². The highest BCUT2D eigenvalue weighted by Crippen LogP contribution is 2.48. The van der Waals surface area contributed by atoms with Crippen LogP contribution in [0.4, 0.5) is 0 Å². The minimum atomic E-state index is 0.165. The molecule has 0 saturated carbocycles. The third-order valence-electron chi connectivity index (χ3n) is 6.76. The smallest absolute Gasteiger partial charge is 0.127 e. The number of hydrogen-bond acceptors (Lipinski definition) is 5. The van der Waals surface area contributed by atoms with Gasteiger partial charge in [0.25, 0.3) is 0 Å². The van der Waals surface area contributed by atoms with Crippen molar-refractivity contribution < 1.29 is 5.11 Å². The number of rotatable bonds is 4. The number of fused-ring (bicyclic) bond motifs is 2. The number of allylic oxidation sites excluding steroid dienone is 1. The molecule has 0 spiro atoms. The molecule has 1 aromatic carbocycles. The van der Waals surface area contributed by atoms with Gasteiger partial charge >= 0.3 is 0 Å². The number of nitrogens with one attached hydrogen (secondary N) is 1. The molecule has 2 N–H and O–H groups in total. The second-order valence-corrected chi connectivity index (χ2v) is 9.34. The lowest BCUT2D eigenvalue weighted by Gasteiger charge is -2.42. The molecule has 2 aliphatic heterocycles. The van der Waals surface area contributed by atoms with Gasteiger partial charge in [-0.2, -0.15) is 0 Å². The van der Waals surface area contributed by atoms with E-state index < -0.39 is 0 Å². The number of phenolic OH excluding ortho intramolecular Hbond substituents is 1. The molecule has 3 aromatic rings. The van der Waals surface area contributed by atoms with Crippen molar-refractivity contribution in [1.82, 2.24) is 24.8 Å². The summed E-state index contributed by atoms with van der Waals surface area (Å²) in [5.74, 6) is 0.574. The second kappa shape index (κ2) is 6.77. The van der Waals surface area contributed by atoms with E-state index in [1.807, 2.05) is 22.9 Å². The molecule has 0 amide bonds. The SMILES string of the molecule is C=C(c1cnc(-c2ccc(-n3ccnc3)cc2O)cn1)C1C[C@]2(C)CC[C@](C)(C1)N2. The van der Waals surface area contributed by atoms with Crippen molar-refractivity contribution >= 4 is 5.57 Å². The van der Waals surface area contributed by atoms with Gasteiger partial charge in [0.05, 0.1) is 35.8 Å². The predicted molar refractivity (Wildman–Crippen MR) is 117 cm³/mol. The Kier molecular flexibility index (Phi) is 4.29. The first-order valence-corrected chi connectivity index (χ1v) is 10.5. The Morgan fingerprint density at radius 2 is 1.93 bits per heavy atom. The van der Waals surface area contributed by atoms with E-state index in [0.29, 0.717) is 17.2 Å². The number of piperidine rings is 1. The predicted octanol–water partition coefficient (Wildman–Crippen LogP) is 4.36. The van der Waals surface area contributed by atoms with E-state index in [9.17, 15) is 5.11 Å². The molecule has 0 aliphatic carbocycles. The summed E-state index contributed by atoms with van der Waals surface area (Å²) in [7, 11) is 0. The lowest BCUT2D eigenvalue weighted by Crippen LogP contribution is -2.53. The molecule has 30 heavy (non-hydrogen) atoms. The Bertz CT molecular complexity index is 1070. The number of aromatic nitrogens is 4. The van der Waals surface area contributed by atoms with Crippen LogP contribution in [0.15, 0.2) is 55.9 Å². The van der Waals surface area contributed by atoms with Crippen LogP contribution in [-0.4, -0.2) is 35.7 Å². The number of phenols is 1. The van der Waals surface area contributed by atoms with Gasteiger partial charge in [0, 0.05) is 35.1 Å². The maximum Gasteiger partial charge on any atom is 0.127 e. The van der Waals surface area contributed by atoms with Gasteiger partial charge in [-0.1, -0.05) is 6.58 Å². The number of benzene rings is 1. The molecule has 2 aliphatic rings. The first-order chi connectivity index (χ1) is 14.3. The molecular weight excluding hydrogens is 374 g/mol. The van der Waals surface area contributed by atoms with Gasteiger partial charge in [0.1, 0.15) is 5.75 Å². The van der Waals surface area contributed by atoms with Crippen molar-refractivity contribution in [2.75, 3.05) is 0 Å². The zero-order valence-electron chi connectivity index (χ0n) is 17.5. The Hall–Kier alpha value is -2.99. The Morgan fingerprint density at radius 1 is 1.17 bits per heavy atom. The Labute approximate surface area is 176 Å². The molecule has 154 valence electrons. The highest BCUT2D eigenvalue weighted by molar-refractivity contribution is 5.69. The van der Waals surface area contributed by atoms with Crippen LogP contribution >= 0.6 is 0 Å². The average molecular weight is 402 g/mol. The summed E-state index contributed by atoms with van der Waals surface area (Å²) in [6.45, 7) is 9.02. The van der Waals surface area contributed by atoms with Gasteiger partial charge in [-0.25, -0.2) is 4.98 Å². The van der Waals surface area contributed by atoms with Gasteiger partial charge in [-0.15, -0.1) is 0 Å². The summed E-state index contributed by atoms with van der Waals surface area (Å²) in [5.41, 5.74) is 4.43. The Morgan fingerprint density at radius 3 is 2.53 bits per heavy atom. The first kappa shape index (κ1) is 19.0. The maximum atomic E-state index is 10.5. The van der Waals surface area contributed by atoms with Crippen LogP contribution in [0.5, 0.6) is 5.75 Å². The van der Waals surface area contributed by atoms with E-state index in [1.165, 1.54) is 12.8 Å². The van der Waals surface area contributed by atoms with E-state index in [2.05, 4.69) is 40.7 Å². The number of hydrogen-bond donors (Lipinski definition) is 2. The molecule has 6 heteroatoms. The van der Waals surface area contributed by atoms with Crippen LogP contribution in [0.3, 0.4) is 0 Å². The highest BCUT2D eigenvalue weighted by atomic mass is 16.3.